The Morgan fingerprint density at radius 2 is 1.24 bits per heavy atom. The smallest absolute Gasteiger partial charge is 0.0484 e. The fourth-order valence-corrected chi connectivity index (χ4v) is 6.86. The standard InChI is InChI=1S/C36H18BrCl/c37-30-18-17-27-33-24(30)14-8-15-26(33)35-32(21-9-2-1-3-10-21)28-19-22-11-4-5-12-23(22)20-29(28)34(36(27)35)25-13-6-7-16-31(25)38/h1-7,9-13,15-20H. The van der Waals surface area contributed by atoms with Crippen LogP contribution in [-0.2, 0) is 0 Å². The molecule has 0 saturated carbocycles. The Hall–Kier alpha value is -4.09. The van der Waals surface area contributed by atoms with Crippen molar-refractivity contribution in [2.75, 3.05) is 0 Å². The van der Waals surface area contributed by atoms with Gasteiger partial charge >= 0.3 is 0 Å². The molecule has 38 heavy (non-hydrogen) atoms. The number of halogens is 2. The Kier molecular flexibility index (Phi) is 4.74. The summed E-state index contributed by atoms with van der Waals surface area (Å²) in [7, 11) is 0. The Balaban J connectivity index is 1.70. The highest BCUT2D eigenvalue weighted by Crippen LogP contribution is 2.58. The van der Waals surface area contributed by atoms with Gasteiger partial charge in [-0.15, -0.1) is 0 Å². The van der Waals surface area contributed by atoms with Crippen LogP contribution in [0.5, 0.6) is 0 Å². The summed E-state index contributed by atoms with van der Waals surface area (Å²) in [5, 5.41) is 7.86. The summed E-state index contributed by atoms with van der Waals surface area (Å²) >= 11 is 10.7. The molecule has 0 amide bonds. The molecule has 0 atom stereocenters. The molecule has 176 valence electrons. The molecule has 7 aromatic rings. The molecule has 0 saturated heterocycles. The van der Waals surface area contributed by atoms with Crippen LogP contribution in [0.3, 0.4) is 0 Å². The minimum absolute atomic E-state index is 0.749. The molecule has 0 radical (unpaired) electrons. The molecule has 2 heteroatoms. The zero-order valence-electron chi connectivity index (χ0n) is 20.1. The predicted molar refractivity (Wildman–Crippen MR) is 165 cm³/mol. The maximum atomic E-state index is 6.96. The Morgan fingerprint density at radius 3 is 2.00 bits per heavy atom. The van der Waals surface area contributed by atoms with Crippen molar-refractivity contribution in [3.63, 3.8) is 0 Å². The normalized spacial score (nSPS) is 11.7. The predicted octanol–water partition coefficient (Wildman–Crippen LogP) is 11.1. The fourth-order valence-electron chi connectivity index (χ4n) is 6.20. The van der Waals surface area contributed by atoms with E-state index in [2.05, 4.69) is 125 Å². The van der Waals surface area contributed by atoms with E-state index >= 15 is 0 Å². The molecule has 0 nitrogen and oxygen atoms in total. The van der Waals surface area contributed by atoms with E-state index in [-0.39, 0.29) is 0 Å². The van der Waals surface area contributed by atoms with Gasteiger partial charge in [-0.2, -0.15) is 0 Å². The maximum Gasteiger partial charge on any atom is 0.0484 e. The van der Waals surface area contributed by atoms with Crippen LogP contribution in [-0.4, -0.2) is 0 Å². The zero-order chi connectivity index (χ0) is 25.4. The molecule has 7 aromatic carbocycles. The van der Waals surface area contributed by atoms with E-state index in [1.165, 1.54) is 65.9 Å². The molecule has 0 fully saturated rings. The highest BCUT2D eigenvalue weighted by Gasteiger charge is 2.31. The third-order valence-corrected chi connectivity index (χ3v) is 8.75. The van der Waals surface area contributed by atoms with Gasteiger partial charge in [0.25, 0.3) is 0 Å². The number of rotatable bonds is 2. The Labute approximate surface area is 234 Å². The minimum Gasteiger partial charge on any atom is -0.0837 e. The van der Waals surface area contributed by atoms with Crippen LogP contribution < -0.4 is 0 Å². The van der Waals surface area contributed by atoms with Gasteiger partial charge in [0.05, 0.1) is 0 Å². The van der Waals surface area contributed by atoms with Gasteiger partial charge in [0, 0.05) is 31.4 Å². The van der Waals surface area contributed by atoms with Gasteiger partial charge in [-0.3, -0.25) is 0 Å². The van der Waals surface area contributed by atoms with E-state index in [1.807, 2.05) is 12.1 Å². The van der Waals surface area contributed by atoms with Gasteiger partial charge in [0.1, 0.15) is 0 Å². The third kappa shape index (κ3) is 2.99. The first-order valence-corrected chi connectivity index (χ1v) is 13.8. The SMILES string of the molecule is Clc1ccccc1-c1c2c(c(-c3ccccc3)c3cc4ccccc4cc13)-c1cc#cc3c(Br)ccc-2c13. The molecule has 0 aromatic heterocycles. The second kappa shape index (κ2) is 8.20. The topological polar surface area (TPSA) is 0 Å². The van der Waals surface area contributed by atoms with Crippen molar-refractivity contribution in [2.45, 2.75) is 0 Å². The fraction of sp³-hybridized carbons (Fsp3) is 0. The Bertz CT molecular complexity index is 2090. The molecule has 0 aliphatic heterocycles. The van der Waals surface area contributed by atoms with Gasteiger partial charge < -0.3 is 0 Å². The quantitative estimate of drug-likeness (QED) is 0.183. The lowest BCUT2D eigenvalue weighted by atomic mass is 9.82. The third-order valence-electron chi connectivity index (χ3n) is 7.76. The average Bonchev–Trinajstić information content (AvgIpc) is 3.28. The first-order valence-electron chi connectivity index (χ1n) is 12.6. The molecular formula is C36H18BrCl. The lowest BCUT2D eigenvalue weighted by molar-refractivity contribution is 1.63. The largest absolute Gasteiger partial charge is 0.0837 e. The van der Waals surface area contributed by atoms with Crippen LogP contribution in [0.15, 0.2) is 114 Å². The van der Waals surface area contributed by atoms with Crippen LogP contribution >= 0.6 is 27.5 Å². The van der Waals surface area contributed by atoms with Crippen LogP contribution in [0.1, 0.15) is 0 Å². The lowest BCUT2D eigenvalue weighted by Crippen LogP contribution is -1.94. The van der Waals surface area contributed by atoms with Gasteiger partial charge in [0.15, 0.2) is 0 Å². The second-order valence-corrected chi connectivity index (χ2v) is 11.0. The highest BCUT2D eigenvalue weighted by molar-refractivity contribution is 9.10. The number of hydrogen-bond donors (Lipinski definition) is 0. The molecule has 1 aliphatic rings. The maximum absolute atomic E-state index is 6.96. The summed E-state index contributed by atoms with van der Waals surface area (Å²) in [6, 6.07) is 45.4. The molecule has 0 bridgehead atoms. The average molecular weight is 566 g/mol. The Morgan fingerprint density at radius 1 is 0.579 bits per heavy atom. The van der Waals surface area contributed by atoms with E-state index in [9.17, 15) is 0 Å². The summed E-state index contributed by atoms with van der Waals surface area (Å²) in [5.41, 5.74) is 9.51. The number of fused-ring (bicyclic) bond motifs is 5. The first-order chi connectivity index (χ1) is 18.7. The van der Waals surface area contributed by atoms with Gasteiger partial charge in [-0.25, -0.2) is 0 Å². The van der Waals surface area contributed by atoms with Crippen molar-refractivity contribution in [1.29, 1.82) is 0 Å². The molecule has 0 unspecified atom stereocenters. The van der Waals surface area contributed by atoms with E-state index < -0.39 is 0 Å². The summed E-state index contributed by atoms with van der Waals surface area (Å²) < 4.78 is 1.03. The van der Waals surface area contributed by atoms with Crippen molar-refractivity contribution in [3.8, 4) is 44.5 Å². The van der Waals surface area contributed by atoms with Crippen LogP contribution in [0.25, 0.3) is 76.8 Å². The lowest BCUT2D eigenvalue weighted by Gasteiger charge is -2.21. The van der Waals surface area contributed by atoms with Gasteiger partial charge in [-0.1, -0.05) is 103 Å². The van der Waals surface area contributed by atoms with Gasteiger partial charge in [0.2, 0.25) is 0 Å². The molecule has 8 rings (SSSR count). The molecule has 0 heterocycles. The summed E-state index contributed by atoms with van der Waals surface area (Å²) in [5.74, 6) is 0. The molecule has 1 aliphatic carbocycles. The summed E-state index contributed by atoms with van der Waals surface area (Å²) in [6.07, 6.45) is 0. The van der Waals surface area contributed by atoms with Crippen LogP contribution in [0.4, 0.5) is 0 Å². The van der Waals surface area contributed by atoms with E-state index in [0.717, 1.165) is 20.4 Å². The summed E-state index contributed by atoms with van der Waals surface area (Å²) in [4.78, 5) is 0. The van der Waals surface area contributed by atoms with Crippen molar-refractivity contribution in [2.24, 2.45) is 0 Å². The van der Waals surface area contributed by atoms with Gasteiger partial charge in [-0.05, 0) is 101 Å². The minimum atomic E-state index is 0.749. The summed E-state index contributed by atoms with van der Waals surface area (Å²) in [6.45, 7) is 0. The van der Waals surface area contributed by atoms with E-state index in [0.29, 0.717) is 0 Å². The number of benzene rings is 6. The molecule has 0 spiro atoms. The second-order valence-electron chi connectivity index (χ2n) is 9.76. The van der Waals surface area contributed by atoms with E-state index in [1.54, 1.807) is 0 Å². The highest BCUT2D eigenvalue weighted by atomic mass is 79.9. The molecule has 0 N–H and O–H groups in total. The molecular weight excluding hydrogens is 548 g/mol. The van der Waals surface area contributed by atoms with E-state index in [4.69, 9.17) is 11.6 Å². The monoisotopic (exact) mass is 564 g/mol. The zero-order valence-corrected chi connectivity index (χ0v) is 22.5. The van der Waals surface area contributed by atoms with Crippen molar-refractivity contribution in [3.05, 3.63) is 131 Å². The van der Waals surface area contributed by atoms with Crippen molar-refractivity contribution >= 4 is 59.8 Å². The van der Waals surface area contributed by atoms with Crippen LogP contribution in [0, 0.1) is 12.1 Å². The number of hydrogen-bond acceptors (Lipinski definition) is 0. The first kappa shape index (κ1) is 21.9. The van der Waals surface area contributed by atoms with Crippen molar-refractivity contribution < 1.29 is 0 Å². The van der Waals surface area contributed by atoms with Crippen molar-refractivity contribution in [1.82, 2.24) is 0 Å². The van der Waals surface area contributed by atoms with Crippen LogP contribution in [0.2, 0.25) is 5.02 Å².